The molecule has 0 aromatic rings. The molecule has 6 heteroatoms. The standard InChI is InChI=1S/C4H6N2O4/c7-4-2-1-3-5(4)10-6(8)9/h1-3H2. The number of hydroxylamine groups is 2. The molecule has 1 rings (SSSR count). The van der Waals surface area contributed by atoms with Gasteiger partial charge in [-0.1, -0.05) is 0 Å². The second-order valence-corrected chi connectivity index (χ2v) is 1.90. The Morgan fingerprint density at radius 2 is 2.40 bits per heavy atom. The van der Waals surface area contributed by atoms with Crippen molar-refractivity contribution in [2.45, 2.75) is 12.8 Å². The second-order valence-electron chi connectivity index (χ2n) is 1.90. The van der Waals surface area contributed by atoms with E-state index in [1.807, 2.05) is 0 Å². The summed E-state index contributed by atoms with van der Waals surface area (Å²) in [5.41, 5.74) is 0. The van der Waals surface area contributed by atoms with Gasteiger partial charge in [-0.15, -0.1) is 10.1 Å². The first-order chi connectivity index (χ1) is 4.70. The van der Waals surface area contributed by atoms with E-state index in [0.29, 0.717) is 19.4 Å². The number of amides is 1. The molecule has 1 amide bonds. The van der Waals surface area contributed by atoms with Crippen molar-refractivity contribution in [1.82, 2.24) is 5.06 Å². The molecule has 0 unspecified atom stereocenters. The van der Waals surface area contributed by atoms with Crippen molar-refractivity contribution in [2.75, 3.05) is 6.54 Å². The van der Waals surface area contributed by atoms with Gasteiger partial charge >= 0.3 is 5.09 Å². The van der Waals surface area contributed by atoms with E-state index in [4.69, 9.17) is 0 Å². The maximum absolute atomic E-state index is 10.6. The lowest BCUT2D eigenvalue weighted by Gasteiger charge is -2.08. The first-order valence-corrected chi connectivity index (χ1v) is 2.83. The van der Waals surface area contributed by atoms with Crippen LogP contribution in [0.4, 0.5) is 0 Å². The van der Waals surface area contributed by atoms with Crippen LogP contribution in [0.1, 0.15) is 12.8 Å². The van der Waals surface area contributed by atoms with Gasteiger partial charge in [0, 0.05) is 13.0 Å². The molecule has 1 saturated heterocycles. The zero-order valence-corrected chi connectivity index (χ0v) is 5.15. The Hall–Kier alpha value is -1.33. The van der Waals surface area contributed by atoms with E-state index in [0.717, 1.165) is 5.06 Å². The Morgan fingerprint density at radius 1 is 1.70 bits per heavy atom. The van der Waals surface area contributed by atoms with Crippen LogP contribution in [0.3, 0.4) is 0 Å². The third-order valence-corrected chi connectivity index (χ3v) is 1.20. The van der Waals surface area contributed by atoms with E-state index >= 15 is 0 Å². The van der Waals surface area contributed by atoms with Gasteiger partial charge in [-0.3, -0.25) is 4.79 Å². The monoisotopic (exact) mass is 146 g/mol. The van der Waals surface area contributed by atoms with Crippen molar-refractivity contribution in [3.63, 3.8) is 0 Å². The fourth-order valence-electron chi connectivity index (χ4n) is 0.790. The maximum atomic E-state index is 10.6. The highest BCUT2D eigenvalue weighted by Gasteiger charge is 2.22. The molecule has 0 aliphatic carbocycles. The molecule has 10 heavy (non-hydrogen) atoms. The highest BCUT2D eigenvalue weighted by molar-refractivity contribution is 5.76. The minimum Gasteiger partial charge on any atom is -0.273 e. The van der Waals surface area contributed by atoms with Crippen molar-refractivity contribution >= 4 is 5.91 Å². The maximum Gasteiger partial charge on any atom is 0.317 e. The van der Waals surface area contributed by atoms with Gasteiger partial charge in [0.05, 0.1) is 0 Å². The average Bonchev–Trinajstić information content (AvgIpc) is 2.15. The summed E-state index contributed by atoms with van der Waals surface area (Å²) in [5, 5.41) is 9.47. The van der Waals surface area contributed by atoms with Crippen LogP contribution in [0.2, 0.25) is 0 Å². The Labute approximate surface area is 56.4 Å². The minimum atomic E-state index is -0.983. The molecule has 0 spiro atoms. The number of rotatable bonds is 2. The van der Waals surface area contributed by atoms with Crippen LogP contribution < -0.4 is 0 Å². The fourth-order valence-corrected chi connectivity index (χ4v) is 0.790. The van der Waals surface area contributed by atoms with Gasteiger partial charge in [0.2, 0.25) is 5.91 Å². The average molecular weight is 146 g/mol. The van der Waals surface area contributed by atoms with Crippen LogP contribution >= 0.6 is 0 Å². The molecular weight excluding hydrogens is 140 g/mol. The van der Waals surface area contributed by atoms with Gasteiger partial charge in [-0.2, -0.15) is 10.0 Å². The third-order valence-electron chi connectivity index (χ3n) is 1.20. The van der Waals surface area contributed by atoms with Crippen molar-refractivity contribution in [2.24, 2.45) is 0 Å². The summed E-state index contributed by atoms with van der Waals surface area (Å²) in [7, 11) is 0. The normalized spacial score (nSPS) is 17.6. The van der Waals surface area contributed by atoms with E-state index in [2.05, 4.69) is 4.94 Å². The van der Waals surface area contributed by atoms with Crippen molar-refractivity contribution in [3.8, 4) is 0 Å². The zero-order valence-electron chi connectivity index (χ0n) is 5.15. The molecule has 0 radical (unpaired) electrons. The summed E-state index contributed by atoms with van der Waals surface area (Å²) in [6.45, 7) is 0.319. The molecular formula is C4H6N2O4. The highest BCUT2D eigenvalue weighted by atomic mass is 17.0. The smallest absolute Gasteiger partial charge is 0.273 e. The Balaban J connectivity index is 2.40. The van der Waals surface area contributed by atoms with Gasteiger partial charge in [-0.05, 0) is 6.42 Å². The summed E-state index contributed by atoms with van der Waals surface area (Å²) in [6.07, 6.45) is 0.973. The van der Waals surface area contributed by atoms with Crippen LogP contribution in [-0.4, -0.2) is 22.6 Å². The lowest BCUT2D eigenvalue weighted by Crippen LogP contribution is -2.27. The van der Waals surface area contributed by atoms with Gasteiger partial charge in [0.15, 0.2) is 0 Å². The van der Waals surface area contributed by atoms with Crippen molar-refractivity contribution in [3.05, 3.63) is 10.1 Å². The quantitative estimate of drug-likeness (QED) is 0.397. The van der Waals surface area contributed by atoms with E-state index in [9.17, 15) is 14.9 Å². The number of carbonyl (C=O) groups is 1. The molecule has 1 aliphatic rings. The topological polar surface area (TPSA) is 72.7 Å². The summed E-state index contributed by atoms with van der Waals surface area (Å²) in [5.74, 6) is -0.322. The first-order valence-electron chi connectivity index (χ1n) is 2.83. The van der Waals surface area contributed by atoms with Gasteiger partial charge in [0.1, 0.15) is 0 Å². The molecule has 0 N–H and O–H groups in total. The zero-order chi connectivity index (χ0) is 7.56. The molecule has 1 fully saturated rings. The Kier molecular flexibility index (Phi) is 1.70. The predicted molar refractivity (Wildman–Crippen MR) is 29.0 cm³/mol. The van der Waals surface area contributed by atoms with E-state index < -0.39 is 5.09 Å². The summed E-state index contributed by atoms with van der Waals surface area (Å²) >= 11 is 0. The molecule has 1 aliphatic heterocycles. The molecule has 0 aromatic carbocycles. The van der Waals surface area contributed by atoms with Crippen molar-refractivity contribution < 1.29 is 14.8 Å². The van der Waals surface area contributed by atoms with Crippen LogP contribution in [0.25, 0.3) is 0 Å². The van der Waals surface area contributed by atoms with E-state index in [1.54, 1.807) is 0 Å². The predicted octanol–water partition coefficient (Wildman–Crippen LogP) is -0.268. The largest absolute Gasteiger partial charge is 0.317 e. The van der Waals surface area contributed by atoms with Gasteiger partial charge < -0.3 is 0 Å². The number of hydrogen-bond acceptors (Lipinski definition) is 4. The lowest BCUT2D eigenvalue weighted by molar-refractivity contribution is -0.803. The molecule has 0 saturated carbocycles. The molecule has 1 heterocycles. The number of carbonyl (C=O) groups excluding carboxylic acids is 1. The van der Waals surface area contributed by atoms with Crippen LogP contribution in [0.5, 0.6) is 0 Å². The Morgan fingerprint density at radius 3 is 2.80 bits per heavy atom. The van der Waals surface area contributed by atoms with Crippen LogP contribution in [0.15, 0.2) is 0 Å². The van der Waals surface area contributed by atoms with Crippen LogP contribution in [-0.2, 0) is 9.73 Å². The molecule has 6 nitrogen and oxygen atoms in total. The lowest BCUT2D eigenvalue weighted by atomic mass is 10.4. The molecule has 0 bridgehead atoms. The summed E-state index contributed by atoms with van der Waals surface area (Å²) in [4.78, 5) is 24.2. The number of hydrogen-bond donors (Lipinski definition) is 0. The third kappa shape index (κ3) is 1.34. The van der Waals surface area contributed by atoms with Gasteiger partial charge in [-0.25, -0.2) is 0 Å². The van der Waals surface area contributed by atoms with E-state index in [-0.39, 0.29) is 5.91 Å². The van der Waals surface area contributed by atoms with Gasteiger partial charge in [0.25, 0.3) is 0 Å². The molecule has 56 valence electrons. The number of nitrogens with zero attached hydrogens (tertiary/aromatic N) is 2. The highest BCUT2D eigenvalue weighted by Crippen LogP contribution is 2.09. The summed E-state index contributed by atoms with van der Waals surface area (Å²) in [6, 6.07) is 0. The SMILES string of the molecule is O=C1CCCN1O[N+](=O)[O-]. The first kappa shape index (κ1) is 6.79. The minimum absolute atomic E-state index is 0.319. The van der Waals surface area contributed by atoms with Crippen LogP contribution in [0, 0.1) is 10.1 Å². The Bertz CT molecular complexity index is 169. The fraction of sp³-hybridized carbons (Fsp3) is 0.750. The molecule has 0 aromatic heterocycles. The molecule has 0 atom stereocenters. The van der Waals surface area contributed by atoms with E-state index in [1.165, 1.54) is 0 Å². The second kappa shape index (κ2) is 2.51. The van der Waals surface area contributed by atoms with Crippen molar-refractivity contribution in [1.29, 1.82) is 0 Å². The summed E-state index contributed by atoms with van der Waals surface area (Å²) < 4.78 is 0.